The first kappa shape index (κ1) is 12.8. The molecule has 1 aliphatic heterocycles. The summed E-state index contributed by atoms with van der Waals surface area (Å²) in [6.45, 7) is 7.39. The summed E-state index contributed by atoms with van der Waals surface area (Å²) in [6, 6.07) is 3.05. The van der Waals surface area contributed by atoms with Crippen LogP contribution in [0.2, 0.25) is 0 Å². The molecule has 96 valence electrons. The van der Waals surface area contributed by atoms with E-state index in [0.717, 1.165) is 26.2 Å². The summed E-state index contributed by atoms with van der Waals surface area (Å²) in [5.41, 5.74) is -0.371. The maximum atomic E-state index is 9.37. The van der Waals surface area contributed by atoms with Crippen molar-refractivity contribution in [3.05, 3.63) is 0 Å². The minimum atomic E-state index is -0.371. The molecule has 0 aromatic carbocycles. The van der Waals surface area contributed by atoms with Crippen molar-refractivity contribution in [2.24, 2.45) is 0 Å². The van der Waals surface area contributed by atoms with E-state index in [2.05, 4.69) is 28.2 Å². The molecule has 4 nitrogen and oxygen atoms in total. The summed E-state index contributed by atoms with van der Waals surface area (Å²) in [7, 11) is 2.18. The highest BCUT2D eigenvalue weighted by Gasteiger charge is 2.34. The van der Waals surface area contributed by atoms with Crippen molar-refractivity contribution >= 4 is 0 Å². The molecular formula is C13H24N4. The largest absolute Gasteiger partial charge is 0.305 e. The molecule has 1 atom stereocenters. The molecule has 2 aliphatic rings. The average molecular weight is 236 g/mol. The third-order valence-electron chi connectivity index (χ3n) is 3.70. The number of hydrogen-bond acceptors (Lipinski definition) is 4. The fourth-order valence-electron chi connectivity index (χ4n) is 2.50. The minimum absolute atomic E-state index is 0.371. The van der Waals surface area contributed by atoms with Gasteiger partial charge in [0.05, 0.1) is 6.07 Å². The van der Waals surface area contributed by atoms with E-state index >= 15 is 0 Å². The van der Waals surface area contributed by atoms with Gasteiger partial charge in [0.1, 0.15) is 5.54 Å². The van der Waals surface area contributed by atoms with E-state index in [9.17, 15) is 5.26 Å². The van der Waals surface area contributed by atoms with E-state index in [4.69, 9.17) is 0 Å². The molecule has 0 aromatic heterocycles. The zero-order valence-corrected chi connectivity index (χ0v) is 11.1. The molecule has 17 heavy (non-hydrogen) atoms. The molecule has 0 spiro atoms. The van der Waals surface area contributed by atoms with Crippen molar-refractivity contribution < 1.29 is 0 Å². The molecule has 4 heteroatoms. The zero-order valence-electron chi connectivity index (χ0n) is 11.1. The first-order chi connectivity index (χ1) is 8.11. The summed E-state index contributed by atoms with van der Waals surface area (Å²) < 4.78 is 0. The molecule has 1 heterocycles. The van der Waals surface area contributed by atoms with E-state index in [1.807, 2.05) is 6.92 Å². The lowest BCUT2D eigenvalue weighted by atomic mass is 10.0. The molecule has 1 saturated carbocycles. The lowest BCUT2D eigenvalue weighted by Crippen LogP contribution is -2.51. The van der Waals surface area contributed by atoms with Crippen LogP contribution in [0.3, 0.4) is 0 Å². The summed E-state index contributed by atoms with van der Waals surface area (Å²) in [6.07, 6.45) is 3.68. The Morgan fingerprint density at radius 2 is 2.06 bits per heavy atom. The summed E-state index contributed by atoms with van der Waals surface area (Å²) in [5.74, 6) is 0. The summed E-state index contributed by atoms with van der Waals surface area (Å²) in [4.78, 5) is 4.81. The highest BCUT2D eigenvalue weighted by atomic mass is 15.2. The lowest BCUT2D eigenvalue weighted by Gasteiger charge is -2.30. The second-order valence-corrected chi connectivity index (χ2v) is 5.80. The van der Waals surface area contributed by atoms with Gasteiger partial charge in [0.25, 0.3) is 0 Å². The number of nitriles is 1. The maximum absolute atomic E-state index is 9.37. The van der Waals surface area contributed by atoms with Gasteiger partial charge in [-0.2, -0.15) is 5.26 Å². The van der Waals surface area contributed by atoms with Crippen LogP contribution in [0.15, 0.2) is 0 Å². The molecule has 2 rings (SSSR count). The predicted molar refractivity (Wildman–Crippen MR) is 68.7 cm³/mol. The van der Waals surface area contributed by atoms with Crippen LogP contribution in [0, 0.1) is 11.3 Å². The topological polar surface area (TPSA) is 42.3 Å². The molecule has 1 unspecified atom stereocenters. The lowest BCUT2D eigenvalue weighted by molar-refractivity contribution is 0.223. The normalized spacial score (nSPS) is 27.1. The Morgan fingerprint density at radius 3 is 2.71 bits per heavy atom. The van der Waals surface area contributed by atoms with Gasteiger partial charge in [0, 0.05) is 25.7 Å². The second kappa shape index (κ2) is 5.34. The SMILES string of the molecule is CN1CCCN(CC(C)(C#N)NC2CC2)CC1. The molecular weight excluding hydrogens is 212 g/mol. The Labute approximate surface area is 105 Å². The summed E-state index contributed by atoms with van der Waals surface area (Å²) in [5, 5.41) is 12.8. The van der Waals surface area contributed by atoms with Crippen LogP contribution in [0.25, 0.3) is 0 Å². The van der Waals surface area contributed by atoms with Crippen LogP contribution < -0.4 is 5.32 Å². The van der Waals surface area contributed by atoms with Crippen LogP contribution in [0.5, 0.6) is 0 Å². The van der Waals surface area contributed by atoms with E-state index in [1.54, 1.807) is 0 Å². The number of nitrogens with one attached hydrogen (secondary N) is 1. The van der Waals surface area contributed by atoms with E-state index in [1.165, 1.54) is 25.8 Å². The molecule has 0 radical (unpaired) electrons. The first-order valence-corrected chi connectivity index (χ1v) is 6.71. The summed E-state index contributed by atoms with van der Waals surface area (Å²) >= 11 is 0. The third-order valence-corrected chi connectivity index (χ3v) is 3.70. The van der Waals surface area contributed by atoms with Crippen molar-refractivity contribution in [1.82, 2.24) is 15.1 Å². The van der Waals surface area contributed by atoms with Gasteiger partial charge in [0.15, 0.2) is 0 Å². The van der Waals surface area contributed by atoms with E-state index in [0.29, 0.717) is 6.04 Å². The maximum Gasteiger partial charge on any atom is 0.116 e. The molecule has 0 aromatic rings. The van der Waals surface area contributed by atoms with Crippen molar-refractivity contribution in [1.29, 1.82) is 5.26 Å². The first-order valence-electron chi connectivity index (χ1n) is 6.71. The number of nitrogens with zero attached hydrogens (tertiary/aromatic N) is 3. The van der Waals surface area contributed by atoms with Gasteiger partial charge in [-0.1, -0.05) is 0 Å². The van der Waals surface area contributed by atoms with Crippen LogP contribution in [-0.2, 0) is 0 Å². The van der Waals surface area contributed by atoms with Crippen molar-refractivity contribution in [3.63, 3.8) is 0 Å². The van der Waals surface area contributed by atoms with Crippen LogP contribution in [-0.4, -0.2) is 61.2 Å². The highest BCUT2D eigenvalue weighted by molar-refractivity contribution is 5.09. The van der Waals surface area contributed by atoms with Gasteiger partial charge < -0.3 is 4.90 Å². The van der Waals surface area contributed by atoms with Gasteiger partial charge in [-0.3, -0.25) is 10.2 Å². The Hall–Kier alpha value is -0.630. The molecule has 1 aliphatic carbocycles. The van der Waals surface area contributed by atoms with Gasteiger partial charge >= 0.3 is 0 Å². The quantitative estimate of drug-likeness (QED) is 0.778. The number of rotatable bonds is 4. The molecule has 0 bridgehead atoms. The number of hydrogen-bond donors (Lipinski definition) is 1. The van der Waals surface area contributed by atoms with Gasteiger partial charge in [-0.15, -0.1) is 0 Å². The fourth-order valence-corrected chi connectivity index (χ4v) is 2.50. The monoisotopic (exact) mass is 236 g/mol. The smallest absolute Gasteiger partial charge is 0.116 e. The van der Waals surface area contributed by atoms with Gasteiger partial charge in [-0.25, -0.2) is 0 Å². The van der Waals surface area contributed by atoms with E-state index < -0.39 is 0 Å². The third kappa shape index (κ3) is 3.95. The standard InChI is InChI=1S/C13H24N4/c1-13(10-14,15-12-4-5-12)11-17-7-3-6-16(2)8-9-17/h12,15H,3-9,11H2,1-2H3. The Morgan fingerprint density at radius 1 is 1.29 bits per heavy atom. The van der Waals surface area contributed by atoms with Crippen LogP contribution >= 0.6 is 0 Å². The van der Waals surface area contributed by atoms with Gasteiger partial charge in [0.2, 0.25) is 0 Å². The van der Waals surface area contributed by atoms with Crippen LogP contribution in [0.4, 0.5) is 0 Å². The zero-order chi connectivity index (χ0) is 12.3. The van der Waals surface area contributed by atoms with Crippen molar-refractivity contribution in [2.45, 2.75) is 37.8 Å². The highest BCUT2D eigenvalue weighted by Crippen LogP contribution is 2.23. The predicted octanol–water partition coefficient (Wildman–Crippen LogP) is 0.658. The van der Waals surface area contributed by atoms with Crippen LogP contribution in [0.1, 0.15) is 26.2 Å². The Bertz CT molecular complexity index is 294. The molecule has 1 N–H and O–H groups in total. The average Bonchev–Trinajstić information content (AvgIpc) is 3.09. The van der Waals surface area contributed by atoms with E-state index in [-0.39, 0.29) is 5.54 Å². The Balaban J connectivity index is 1.86. The molecule has 0 amide bonds. The van der Waals surface area contributed by atoms with Crippen molar-refractivity contribution in [2.75, 3.05) is 39.8 Å². The number of likely N-dealkylation sites (N-methyl/N-ethyl adjacent to an activating group) is 1. The second-order valence-electron chi connectivity index (χ2n) is 5.80. The minimum Gasteiger partial charge on any atom is -0.305 e. The van der Waals surface area contributed by atoms with Crippen molar-refractivity contribution in [3.8, 4) is 6.07 Å². The molecule has 2 fully saturated rings. The fraction of sp³-hybridized carbons (Fsp3) is 0.923. The molecule has 1 saturated heterocycles. The van der Waals surface area contributed by atoms with Gasteiger partial charge in [-0.05, 0) is 46.3 Å². The Kier molecular flexibility index (Phi) is 4.03.